The van der Waals surface area contributed by atoms with Crippen LogP contribution in [0.25, 0.3) is 11.5 Å². The van der Waals surface area contributed by atoms with Gasteiger partial charge < -0.3 is 8.98 Å². The van der Waals surface area contributed by atoms with Crippen LogP contribution in [-0.2, 0) is 18.3 Å². The van der Waals surface area contributed by atoms with E-state index in [1.807, 2.05) is 35.4 Å². The van der Waals surface area contributed by atoms with Gasteiger partial charge in [0.05, 0.1) is 12.1 Å². The highest BCUT2D eigenvalue weighted by Gasteiger charge is 2.29. The lowest BCUT2D eigenvalue weighted by Gasteiger charge is -2.04. The van der Waals surface area contributed by atoms with Crippen molar-refractivity contribution in [1.29, 1.82) is 0 Å². The van der Waals surface area contributed by atoms with Gasteiger partial charge in [-0.3, -0.25) is 10.1 Å². The minimum atomic E-state index is -0.180. The maximum absolute atomic E-state index is 12.3. The average Bonchev–Trinajstić information content (AvgIpc) is 2.94. The van der Waals surface area contributed by atoms with Crippen LogP contribution in [0.15, 0.2) is 21.2 Å². The highest BCUT2D eigenvalue weighted by Crippen LogP contribution is 2.39. The summed E-state index contributed by atoms with van der Waals surface area (Å²) in [7, 11) is 1.87. The zero-order chi connectivity index (χ0) is 16.7. The van der Waals surface area contributed by atoms with Crippen molar-refractivity contribution >= 4 is 23.2 Å². The molecule has 0 aromatic carbocycles. The molecule has 4 rings (SSSR count). The summed E-state index contributed by atoms with van der Waals surface area (Å²) < 4.78 is 7.51. The quantitative estimate of drug-likeness (QED) is 0.770. The van der Waals surface area contributed by atoms with E-state index in [-0.39, 0.29) is 12.3 Å². The van der Waals surface area contributed by atoms with E-state index in [0.29, 0.717) is 29.2 Å². The topological polar surface area (TPSA) is 85.8 Å². The summed E-state index contributed by atoms with van der Waals surface area (Å²) in [5, 5.41) is 15.0. The molecular formula is C16H17N5O2S. The van der Waals surface area contributed by atoms with E-state index < -0.39 is 0 Å². The number of aryl methyl sites for hydroxylation is 1. The van der Waals surface area contributed by atoms with E-state index in [2.05, 4.69) is 20.5 Å². The Balaban J connectivity index is 1.46. The second-order valence-corrected chi connectivity index (χ2v) is 6.75. The van der Waals surface area contributed by atoms with Crippen LogP contribution < -0.4 is 5.32 Å². The van der Waals surface area contributed by atoms with Crippen molar-refractivity contribution < 1.29 is 9.21 Å². The Morgan fingerprint density at radius 2 is 2.29 bits per heavy atom. The third kappa shape index (κ3) is 2.84. The molecule has 8 heteroatoms. The summed E-state index contributed by atoms with van der Waals surface area (Å²) in [4.78, 5) is 16.7. The molecule has 0 aliphatic heterocycles. The van der Waals surface area contributed by atoms with Crippen LogP contribution in [0.3, 0.4) is 0 Å². The standard InChI is InChI=1S/C16H17N5O2S/c1-9-12(17-15(23-9)11-5-6-24-8-11)7-13(22)18-16-20-19-14(21(16)2)10-3-4-10/h5-6,8,10H,3-4,7H2,1-2H3,(H,18,20,22). The Morgan fingerprint density at radius 1 is 1.46 bits per heavy atom. The number of amides is 1. The van der Waals surface area contributed by atoms with Crippen molar-refractivity contribution in [3.05, 3.63) is 34.1 Å². The Morgan fingerprint density at radius 3 is 3.00 bits per heavy atom. The van der Waals surface area contributed by atoms with Crippen LogP contribution >= 0.6 is 11.3 Å². The molecule has 1 aliphatic carbocycles. The molecule has 3 aromatic heterocycles. The van der Waals surface area contributed by atoms with E-state index in [9.17, 15) is 4.79 Å². The normalized spacial score (nSPS) is 14.1. The molecule has 1 saturated carbocycles. The number of anilines is 1. The number of carbonyl (C=O) groups is 1. The van der Waals surface area contributed by atoms with Crippen molar-refractivity contribution in [2.75, 3.05) is 5.32 Å². The molecule has 24 heavy (non-hydrogen) atoms. The van der Waals surface area contributed by atoms with E-state index >= 15 is 0 Å². The minimum Gasteiger partial charge on any atom is -0.441 e. The Kier molecular flexibility index (Phi) is 3.68. The predicted molar refractivity (Wildman–Crippen MR) is 89.9 cm³/mol. The molecule has 1 fully saturated rings. The third-order valence-corrected chi connectivity index (χ3v) is 4.77. The van der Waals surface area contributed by atoms with Gasteiger partial charge in [-0.25, -0.2) is 4.98 Å². The maximum atomic E-state index is 12.3. The number of thiophene rings is 1. The largest absolute Gasteiger partial charge is 0.441 e. The van der Waals surface area contributed by atoms with Crippen molar-refractivity contribution in [2.24, 2.45) is 7.05 Å². The fourth-order valence-corrected chi connectivity index (χ4v) is 3.20. The van der Waals surface area contributed by atoms with E-state index in [1.165, 1.54) is 0 Å². The van der Waals surface area contributed by atoms with Gasteiger partial charge in [-0.2, -0.15) is 11.3 Å². The second-order valence-electron chi connectivity index (χ2n) is 5.97. The summed E-state index contributed by atoms with van der Waals surface area (Å²) in [5.74, 6) is 2.92. The number of hydrogen-bond donors (Lipinski definition) is 1. The average molecular weight is 343 g/mol. The molecule has 1 N–H and O–H groups in total. The van der Waals surface area contributed by atoms with E-state index in [1.54, 1.807) is 11.3 Å². The van der Waals surface area contributed by atoms with E-state index in [0.717, 1.165) is 24.2 Å². The Hall–Kier alpha value is -2.48. The highest BCUT2D eigenvalue weighted by molar-refractivity contribution is 7.08. The monoisotopic (exact) mass is 343 g/mol. The summed E-state index contributed by atoms with van der Waals surface area (Å²) in [6.45, 7) is 1.82. The first kappa shape index (κ1) is 15.1. The van der Waals surface area contributed by atoms with Crippen LogP contribution in [0.5, 0.6) is 0 Å². The first-order valence-electron chi connectivity index (χ1n) is 7.80. The number of hydrogen-bond acceptors (Lipinski definition) is 6. The van der Waals surface area contributed by atoms with Gasteiger partial charge in [0.25, 0.3) is 0 Å². The van der Waals surface area contributed by atoms with Gasteiger partial charge in [0, 0.05) is 23.9 Å². The van der Waals surface area contributed by atoms with Crippen LogP contribution in [0.2, 0.25) is 0 Å². The van der Waals surface area contributed by atoms with E-state index in [4.69, 9.17) is 4.42 Å². The maximum Gasteiger partial charge on any atom is 0.232 e. The Labute approximate surface area is 142 Å². The van der Waals surface area contributed by atoms with Crippen LogP contribution in [0, 0.1) is 6.92 Å². The third-order valence-electron chi connectivity index (χ3n) is 4.09. The van der Waals surface area contributed by atoms with Gasteiger partial charge in [0.1, 0.15) is 11.6 Å². The van der Waals surface area contributed by atoms with Gasteiger partial charge in [0.15, 0.2) is 0 Å². The van der Waals surface area contributed by atoms with Gasteiger partial charge >= 0.3 is 0 Å². The molecule has 0 saturated heterocycles. The summed E-state index contributed by atoms with van der Waals surface area (Å²) >= 11 is 1.58. The molecule has 0 spiro atoms. The minimum absolute atomic E-state index is 0.144. The zero-order valence-corrected chi connectivity index (χ0v) is 14.3. The number of nitrogens with one attached hydrogen (secondary N) is 1. The van der Waals surface area contributed by atoms with Crippen molar-refractivity contribution in [2.45, 2.75) is 32.1 Å². The predicted octanol–water partition coefficient (Wildman–Crippen LogP) is 2.90. The summed E-state index contributed by atoms with van der Waals surface area (Å²) in [6, 6.07) is 1.94. The van der Waals surface area contributed by atoms with Gasteiger partial charge in [-0.05, 0) is 31.2 Å². The van der Waals surface area contributed by atoms with Gasteiger partial charge in [0.2, 0.25) is 17.7 Å². The fourth-order valence-electron chi connectivity index (χ4n) is 2.57. The van der Waals surface area contributed by atoms with Crippen molar-refractivity contribution in [3.8, 4) is 11.5 Å². The van der Waals surface area contributed by atoms with Crippen LogP contribution in [0.1, 0.15) is 36.0 Å². The molecule has 3 heterocycles. The molecule has 124 valence electrons. The Bertz CT molecular complexity index is 877. The molecule has 0 bridgehead atoms. The molecule has 7 nitrogen and oxygen atoms in total. The van der Waals surface area contributed by atoms with Crippen molar-refractivity contribution in [3.63, 3.8) is 0 Å². The second kappa shape index (κ2) is 5.86. The first-order valence-corrected chi connectivity index (χ1v) is 8.74. The molecule has 0 atom stereocenters. The lowest BCUT2D eigenvalue weighted by atomic mass is 10.2. The summed E-state index contributed by atoms with van der Waals surface area (Å²) in [6.07, 6.45) is 2.43. The van der Waals surface area contributed by atoms with Gasteiger partial charge in [-0.15, -0.1) is 10.2 Å². The molecule has 0 radical (unpaired) electrons. The highest BCUT2D eigenvalue weighted by atomic mass is 32.1. The number of aromatic nitrogens is 4. The van der Waals surface area contributed by atoms with Crippen molar-refractivity contribution in [1.82, 2.24) is 19.7 Å². The number of oxazole rings is 1. The molecular weight excluding hydrogens is 326 g/mol. The smallest absolute Gasteiger partial charge is 0.232 e. The first-order chi connectivity index (χ1) is 11.6. The van der Waals surface area contributed by atoms with Crippen LogP contribution in [0.4, 0.5) is 5.95 Å². The van der Waals surface area contributed by atoms with Gasteiger partial charge in [-0.1, -0.05) is 0 Å². The lowest BCUT2D eigenvalue weighted by molar-refractivity contribution is -0.115. The number of carbonyl (C=O) groups excluding carboxylic acids is 1. The molecule has 1 aliphatic rings. The molecule has 3 aromatic rings. The fraction of sp³-hybridized carbons (Fsp3) is 0.375. The number of rotatable bonds is 5. The lowest BCUT2D eigenvalue weighted by Crippen LogP contribution is -2.18. The van der Waals surface area contributed by atoms with Crippen LogP contribution in [-0.4, -0.2) is 25.7 Å². The molecule has 0 unspecified atom stereocenters. The number of nitrogens with zero attached hydrogens (tertiary/aromatic N) is 4. The summed E-state index contributed by atoms with van der Waals surface area (Å²) in [5.41, 5.74) is 1.57. The SMILES string of the molecule is Cc1oc(-c2ccsc2)nc1CC(=O)Nc1nnc(C2CC2)n1C. The molecule has 1 amide bonds. The zero-order valence-electron chi connectivity index (χ0n) is 13.4.